The largest absolute Gasteiger partial charge is 0.486 e. The molecule has 2 aromatic carbocycles. The topological polar surface area (TPSA) is 54.9 Å². The molecule has 0 fully saturated rings. The van der Waals surface area contributed by atoms with E-state index in [1.165, 1.54) is 11.3 Å². The quantitative estimate of drug-likeness (QED) is 0.456. The highest BCUT2D eigenvalue weighted by atomic mass is 35.5. The number of fused-ring (bicyclic) bond motifs is 2. The molecule has 0 unspecified atom stereocenters. The van der Waals surface area contributed by atoms with Crippen LogP contribution in [0.3, 0.4) is 0 Å². The summed E-state index contributed by atoms with van der Waals surface area (Å²) in [7, 11) is 0. The molecule has 164 valence electrons. The van der Waals surface area contributed by atoms with Crippen molar-refractivity contribution in [2.45, 2.75) is 13.8 Å². The van der Waals surface area contributed by atoms with Crippen LogP contribution in [0.25, 0.3) is 10.2 Å². The van der Waals surface area contributed by atoms with Crippen molar-refractivity contribution >= 4 is 55.8 Å². The van der Waals surface area contributed by atoms with Crippen LogP contribution in [0.4, 0.5) is 5.13 Å². The van der Waals surface area contributed by atoms with E-state index in [9.17, 15) is 4.79 Å². The van der Waals surface area contributed by atoms with Gasteiger partial charge in [0.15, 0.2) is 16.6 Å². The molecule has 1 aliphatic rings. The molecule has 0 saturated heterocycles. The number of nitrogens with zero attached hydrogens (tertiary/aromatic N) is 3. The molecule has 2 heterocycles. The van der Waals surface area contributed by atoms with Gasteiger partial charge in [-0.25, -0.2) is 4.98 Å². The number of likely N-dealkylation sites (N-methyl/N-ethyl adjacent to an activating group) is 1. The van der Waals surface area contributed by atoms with Crippen LogP contribution in [0.1, 0.15) is 24.2 Å². The van der Waals surface area contributed by atoms with E-state index in [1.54, 1.807) is 23.1 Å². The van der Waals surface area contributed by atoms with Gasteiger partial charge in [0.1, 0.15) is 13.2 Å². The van der Waals surface area contributed by atoms with E-state index in [0.29, 0.717) is 52.0 Å². The van der Waals surface area contributed by atoms with E-state index in [0.717, 1.165) is 29.9 Å². The fraction of sp³-hybridized carbons (Fsp3) is 0.364. The highest BCUT2D eigenvalue weighted by molar-refractivity contribution is 7.22. The highest BCUT2D eigenvalue weighted by Gasteiger charge is 2.25. The van der Waals surface area contributed by atoms with Crippen LogP contribution in [0.5, 0.6) is 11.5 Å². The standard InChI is InChI=1S/C22H23Cl2N3O3S/c1-3-26(4-2)7-8-27(21(28)15-11-14(23)5-6-16(15)24)22-25-17-12-18-19(13-20(17)31-22)30-10-9-29-18/h5-6,11-13H,3-4,7-10H2,1-2H3. The highest BCUT2D eigenvalue weighted by Crippen LogP contribution is 2.39. The number of rotatable bonds is 7. The van der Waals surface area contributed by atoms with Crippen LogP contribution >= 0.6 is 34.5 Å². The molecule has 0 spiro atoms. The molecule has 3 aromatic rings. The summed E-state index contributed by atoms with van der Waals surface area (Å²) >= 11 is 13.9. The minimum absolute atomic E-state index is 0.226. The summed E-state index contributed by atoms with van der Waals surface area (Å²) in [5.41, 5.74) is 1.13. The molecule has 0 saturated carbocycles. The normalized spacial score (nSPS) is 13.1. The van der Waals surface area contributed by atoms with Crippen molar-refractivity contribution in [3.63, 3.8) is 0 Å². The van der Waals surface area contributed by atoms with Gasteiger partial charge in [-0.3, -0.25) is 9.69 Å². The van der Waals surface area contributed by atoms with Gasteiger partial charge in [-0.05, 0) is 31.3 Å². The van der Waals surface area contributed by atoms with E-state index in [-0.39, 0.29) is 5.91 Å². The maximum atomic E-state index is 13.5. The van der Waals surface area contributed by atoms with Crippen molar-refractivity contribution in [1.29, 1.82) is 0 Å². The molecule has 1 amide bonds. The van der Waals surface area contributed by atoms with Crippen LogP contribution in [0, 0.1) is 0 Å². The van der Waals surface area contributed by atoms with Gasteiger partial charge in [-0.1, -0.05) is 48.4 Å². The fourth-order valence-corrected chi connectivity index (χ4v) is 4.81. The second-order valence-electron chi connectivity index (χ2n) is 7.07. The second kappa shape index (κ2) is 9.61. The molecule has 1 aromatic heterocycles. The monoisotopic (exact) mass is 479 g/mol. The average Bonchev–Trinajstić information content (AvgIpc) is 3.18. The Bertz CT molecular complexity index is 1060. The molecule has 0 aliphatic carbocycles. The molecule has 4 rings (SSSR count). The number of aromatic nitrogens is 1. The molecule has 9 heteroatoms. The summed E-state index contributed by atoms with van der Waals surface area (Å²) in [6.45, 7) is 8.24. The van der Waals surface area contributed by atoms with E-state index >= 15 is 0 Å². The molecule has 0 atom stereocenters. The third kappa shape index (κ3) is 4.75. The number of thiazole rings is 1. The van der Waals surface area contributed by atoms with Crippen molar-refractivity contribution in [3.05, 3.63) is 45.9 Å². The minimum atomic E-state index is -0.226. The molecule has 6 nitrogen and oxygen atoms in total. The lowest BCUT2D eigenvalue weighted by Crippen LogP contribution is -2.39. The van der Waals surface area contributed by atoms with Gasteiger partial charge in [0.05, 0.1) is 20.8 Å². The third-order valence-corrected chi connectivity index (χ3v) is 6.82. The van der Waals surface area contributed by atoms with Crippen molar-refractivity contribution in [3.8, 4) is 11.5 Å². The Morgan fingerprint density at radius 3 is 2.48 bits per heavy atom. The third-order valence-electron chi connectivity index (χ3n) is 5.21. The predicted molar refractivity (Wildman–Crippen MR) is 127 cm³/mol. The van der Waals surface area contributed by atoms with Crippen LogP contribution in [0.2, 0.25) is 10.0 Å². The van der Waals surface area contributed by atoms with Crippen LogP contribution in [-0.4, -0.2) is 55.2 Å². The van der Waals surface area contributed by atoms with E-state index in [2.05, 4.69) is 18.7 Å². The Hall–Kier alpha value is -2.06. The summed E-state index contributed by atoms with van der Waals surface area (Å²) in [4.78, 5) is 22.2. The van der Waals surface area contributed by atoms with Gasteiger partial charge < -0.3 is 14.4 Å². The Balaban J connectivity index is 1.72. The predicted octanol–water partition coefficient (Wildman–Crippen LogP) is 5.36. The molecule has 1 aliphatic heterocycles. The lowest BCUT2D eigenvalue weighted by molar-refractivity contribution is 0.0984. The molecule has 0 N–H and O–H groups in total. The van der Waals surface area contributed by atoms with Gasteiger partial charge in [0, 0.05) is 30.2 Å². The fourth-order valence-electron chi connectivity index (χ4n) is 3.44. The smallest absolute Gasteiger partial charge is 0.261 e. The van der Waals surface area contributed by atoms with Crippen molar-refractivity contribution in [2.75, 3.05) is 44.3 Å². The summed E-state index contributed by atoms with van der Waals surface area (Å²) in [6, 6.07) is 8.70. The maximum absolute atomic E-state index is 13.5. The average molecular weight is 480 g/mol. The van der Waals surface area contributed by atoms with E-state index in [4.69, 9.17) is 37.7 Å². The van der Waals surface area contributed by atoms with Crippen molar-refractivity contribution in [1.82, 2.24) is 9.88 Å². The number of carbonyl (C=O) groups is 1. The van der Waals surface area contributed by atoms with Gasteiger partial charge in [-0.15, -0.1) is 0 Å². The van der Waals surface area contributed by atoms with Gasteiger partial charge in [-0.2, -0.15) is 0 Å². The van der Waals surface area contributed by atoms with Gasteiger partial charge in [0.2, 0.25) is 0 Å². The van der Waals surface area contributed by atoms with Crippen LogP contribution in [0.15, 0.2) is 30.3 Å². The Morgan fingerprint density at radius 1 is 1.06 bits per heavy atom. The van der Waals surface area contributed by atoms with Crippen molar-refractivity contribution < 1.29 is 14.3 Å². The van der Waals surface area contributed by atoms with Gasteiger partial charge >= 0.3 is 0 Å². The molecule has 31 heavy (non-hydrogen) atoms. The second-order valence-corrected chi connectivity index (χ2v) is 8.92. The number of anilines is 1. The Morgan fingerprint density at radius 2 is 1.77 bits per heavy atom. The first-order chi connectivity index (χ1) is 15.0. The summed E-state index contributed by atoms with van der Waals surface area (Å²) in [6.07, 6.45) is 0. The first kappa shape index (κ1) is 22.1. The Kier molecular flexibility index (Phi) is 6.86. The molecule has 0 radical (unpaired) electrons. The van der Waals surface area contributed by atoms with Crippen LogP contribution in [-0.2, 0) is 0 Å². The summed E-state index contributed by atoms with van der Waals surface area (Å²) in [5, 5.41) is 1.42. The number of benzene rings is 2. The Labute approximate surface area is 195 Å². The molecular formula is C22H23Cl2N3O3S. The number of hydrogen-bond acceptors (Lipinski definition) is 6. The maximum Gasteiger partial charge on any atom is 0.261 e. The lowest BCUT2D eigenvalue weighted by Gasteiger charge is -2.25. The first-order valence-corrected chi connectivity index (χ1v) is 11.8. The number of ether oxygens (including phenoxy) is 2. The van der Waals surface area contributed by atoms with Crippen LogP contribution < -0.4 is 14.4 Å². The van der Waals surface area contributed by atoms with Gasteiger partial charge in [0.25, 0.3) is 5.91 Å². The van der Waals surface area contributed by atoms with E-state index < -0.39 is 0 Å². The zero-order valence-corrected chi connectivity index (χ0v) is 19.7. The van der Waals surface area contributed by atoms with E-state index in [1.807, 2.05) is 12.1 Å². The number of amides is 1. The lowest BCUT2D eigenvalue weighted by atomic mass is 10.2. The minimum Gasteiger partial charge on any atom is -0.486 e. The number of hydrogen-bond donors (Lipinski definition) is 0. The molecular weight excluding hydrogens is 457 g/mol. The zero-order chi connectivity index (χ0) is 22.0. The molecule has 0 bridgehead atoms. The SMILES string of the molecule is CCN(CC)CCN(C(=O)c1cc(Cl)ccc1Cl)c1nc2cc3c(cc2s1)OCCO3. The number of halogens is 2. The summed E-state index contributed by atoms with van der Waals surface area (Å²) < 4.78 is 12.3. The number of carbonyl (C=O) groups excluding carboxylic acids is 1. The zero-order valence-electron chi connectivity index (χ0n) is 17.4. The van der Waals surface area contributed by atoms with Crippen molar-refractivity contribution in [2.24, 2.45) is 0 Å². The summed E-state index contributed by atoms with van der Waals surface area (Å²) in [5.74, 6) is 1.15. The first-order valence-electron chi connectivity index (χ1n) is 10.2.